The number of hydrogen-bond donors (Lipinski definition) is 1. The third-order valence-corrected chi connectivity index (χ3v) is 7.47. The van der Waals surface area contributed by atoms with Crippen LogP contribution in [0.25, 0.3) is 10.9 Å². The van der Waals surface area contributed by atoms with Crippen molar-refractivity contribution in [2.75, 3.05) is 6.54 Å². The number of fused-ring (bicyclic) bond motifs is 3. The van der Waals surface area contributed by atoms with Gasteiger partial charge in [0.15, 0.2) is 0 Å². The molecule has 0 radical (unpaired) electrons. The van der Waals surface area contributed by atoms with Crippen LogP contribution in [0.3, 0.4) is 0 Å². The first-order valence-electron chi connectivity index (χ1n) is 9.58. The highest BCUT2D eigenvalue weighted by molar-refractivity contribution is 7.89. The molecule has 0 aliphatic carbocycles. The quantitative estimate of drug-likeness (QED) is 0.515. The van der Waals surface area contributed by atoms with E-state index in [0.717, 1.165) is 34.7 Å². The number of rotatable bonds is 3. The zero-order valence-corrected chi connectivity index (χ0v) is 16.7. The molecule has 4 aromatic rings. The van der Waals surface area contributed by atoms with E-state index in [1.54, 1.807) is 18.2 Å². The van der Waals surface area contributed by atoms with Gasteiger partial charge in [0.2, 0.25) is 10.0 Å². The summed E-state index contributed by atoms with van der Waals surface area (Å²) in [4.78, 5) is 3.39. The number of aromatic nitrogens is 1. The molecule has 1 unspecified atom stereocenters. The summed E-state index contributed by atoms with van der Waals surface area (Å²) in [5.74, 6) is -1.27. The predicted molar refractivity (Wildman–Crippen MR) is 111 cm³/mol. The molecule has 5 rings (SSSR count). The third-order valence-electron chi connectivity index (χ3n) is 5.59. The van der Waals surface area contributed by atoms with E-state index in [-0.39, 0.29) is 17.0 Å². The fourth-order valence-electron chi connectivity index (χ4n) is 4.24. The minimum absolute atomic E-state index is 0.0120. The van der Waals surface area contributed by atoms with E-state index in [2.05, 4.69) is 4.98 Å². The van der Waals surface area contributed by atoms with E-state index in [4.69, 9.17) is 0 Å². The molecule has 1 aliphatic heterocycles. The van der Waals surface area contributed by atoms with Gasteiger partial charge in [-0.1, -0.05) is 36.4 Å². The highest BCUT2D eigenvalue weighted by Crippen LogP contribution is 2.41. The van der Waals surface area contributed by atoms with Crippen molar-refractivity contribution in [3.05, 3.63) is 101 Å². The van der Waals surface area contributed by atoms with Gasteiger partial charge in [-0.2, -0.15) is 4.31 Å². The van der Waals surface area contributed by atoms with Crippen molar-refractivity contribution in [2.45, 2.75) is 17.4 Å². The van der Waals surface area contributed by atoms with Gasteiger partial charge >= 0.3 is 0 Å². The topological polar surface area (TPSA) is 53.2 Å². The lowest BCUT2D eigenvalue weighted by molar-refractivity contribution is 0.332. The molecule has 3 aromatic carbocycles. The molecule has 7 heteroatoms. The Balaban J connectivity index is 1.76. The van der Waals surface area contributed by atoms with Crippen LogP contribution in [0.4, 0.5) is 8.78 Å². The maximum atomic E-state index is 14.9. The molecule has 0 bridgehead atoms. The van der Waals surface area contributed by atoms with E-state index in [9.17, 15) is 17.2 Å². The molecule has 152 valence electrons. The fourth-order valence-corrected chi connectivity index (χ4v) is 5.84. The van der Waals surface area contributed by atoms with Crippen molar-refractivity contribution >= 4 is 20.9 Å². The van der Waals surface area contributed by atoms with Crippen molar-refractivity contribution in [1.82, 2.24) is 9.29 Å². The minimum atomic E-state index is -3.94. The first-order chi connectivity index (χ1) is 14.5. The lowest BCUT2D eigenvalue weighted by Gasteiger charge is -2.35. The Hall–Kier alpha value is -3.03. The van der Waals surface area contributed by atoms with E-state index < -0.39 is 27.7 Å². The number of benzene rings is 3. The zero-order valence-electron chi connectivity index (χ0n) is 15.8. The van der Waals surface area contributed by atoms with Gasteiger partial charge in [-0.15, -0.1) is 0 Å². The number of sulfonamides is 1. The summed E-state index contributed by atoms with van der Waals surface area (Å²) in [6.07, 6.45) is 0.471. The maximum absolute atomic E-state index is 14.9. The summed E-state index contributed by atoms with van der Waals surface area (Å²) < 4.78 is 57.2. The van der Waals surface area contributed by atoms with Crippen molar-refractivity contribution in [1.29, 1.82) is 0 Å². The average molecular weight is 424 g/mol. The second-order valence-electron chi connectivity index (χ2n) is 7.31. The van der Waals surface area contributed by atoms with Gasteiger partial charge in [0, 0.05) is 28.7 Å². The molecule has 0 saturated heterocycles. The molecule has 1 aromatic heterocycles. The summed E-state index contributed by atoms with van der Waals surface area (Å²) in [6, 6.07) is 17.8. The molecule has 0 amide bonds. The Labute approximate surface area is 172 Å². The van der Waals surface area contributed by atoms with E-state index in [1.807, 2.05) is 24.3 Å². The SMILES string of the molecule is O=S(=O)(c1ccccc1)N1CCc2c([nH]c3ccccc23)C1c1cc(F)ccc1F. The monoisotopic (exact) mass is 424 g/mol. The number of aromatic amines is 1. The first-order valence-corrected chi connectivity index (χ1v) is 11.0. The van der Waals surface area contributed by atoms with Crippen LogP contribution in [0.2, 0.25) is 0 Å². The standard InChI is InChI=1S/C23H18F2N2O2S/c24-15-10-11-20(25)19(14-15)23-22-18(17-8-4-5-9-21(17)26-22)12-13-27(23)30(28,29)16-6-2-1-3-7-16/h1-11,14,23,26H,12-13H2. The Bertz CT molecular complexity index is 1350. The summed E-state index contributed by atoms with van der Waals surface area (Å²) in [5.41, 5.74) is 2.33. The van der Waals surface area contributed by atoms with Crippen LogP contribution in [-0.4, -0.2) is 24.3 Å². The summed E-state index contributed by atoms with van der Waals surface area (Å²) >= 11 is 0. The molecule has 0 fully saturated rings. The number of halogens is 2. The van der Waals surface area contributed by atoms with Crippen LogP contribution in [-0.2, 0) is 16.4 Å². The van der Waals surface area contributed by atoms with Gasteiger partial charge in [0.1, 0.15) is 11.6 Å². The van der Waals surface area contributed by atoms with Gasteiger partial charge in [0.25, 0.3) is 0 Å². The molecule has 0 saturated carbocycles. The highest BCUT2D eigenvalue weighted by atomic mass is 32.2. The average Bonchev–Trinajstić information content (AvgIpc) is 3.14. The van der Waals surface area contributed by atoms with E-state index in [1.165, 1.54) is 16.4 Å². The number of hydrogen-bond acceptors (Lipinski definition) is 2. The number of para-hydroxylation sites is 1. The summed E-state index contributed by atoms with van der Waals surface area (Å²) in [5, 5.41) is 0.964. The maximum Gasteiger partial charge on any atom is 0.244 e. The fraction of sp³-hybridized carbons (Fsp3) is 0.130. The number of nitrogens with zero attached hydrogens (tertiary/aromatic N) is 1. The molecule has 1 aliphatic rings. The lowest BCUT2D eigenvalue weighted by atomic mass is 9.94. The van der Waals surface area contributed by atoms with Gasteiger partial charge in [0.05, 0.1) is 10.9 Å². The van der Waals surface area contributed by atoms with Crippen molar-refractivity contribution in [2.24, 2.45) is 0 Å². The van der Waals surface area contributed by atoms with Crippen LogP contribution in [0.5, 0.6) is 0 Å². The largest absolute Gasteiger partial charge is 0.357 e. The van der Waals surface area contributed by atoms with E-state index in [0.29, 0.717) is 12.1 Å². The normalized spacial score (nSPS) is 17.2. The molecule has 1 atom stereocenters. The van der Waals surface area contributed by atoms with Gasteiger partial charge in [-0.05, 0) is 48.4 Å². The van der Waals surface area contributed by atoms with Gasteiger partial charge in [-0.25, -0.2) is 17.2 Å². The summed E-state index contributed by atoms with van der Waals surface area (Å²) in [7, 11) is -3.94. The molecule has 0 spiro atoms. The van der Waals surface area contributed by atoms with Crippen LogP contribution in [0.15, 0.2) is 77.7 Å². The Kier molecular flexibility index (Phi) is 4.45. The van der Waals surface area contributed by atoms with Gasteiger partial charge < -0.3 is 4.98 Å². The van der Waals surface area contributed by atoms with Gasteiger partial charge in [-0.3, -0.25) is 0 Å². The lowest BCUT2D eigenvalue weighted by Crippen LogP contribution is -2.41. The third kappa shape index (κ3) is 2.93. The molecular weight excluding hydrogens is 406 g/mol. The van der Waals surface area contributed by atoms with Crippen LogP contribution < -0.4 is 0 Å². The van der Waals surface area contributed by atoms with Crippen LogP contribution in [0.1, 0.15) is 22.9 Å². The first kappa shape index (κ1) is 19.0. The molecule has 2 heterocycles. The Morgan fingerprint density at radius 1 is 0.933 bits per heavy atom. The predicted octanol–water partition coefficient (Wildman–Crippen LogP) is 4.78. The van der Waals surface area contributed by atoms with Crippen molar-refractivity contribution in [3.63, 3.8) is 0 Å². The van der Waals surface area contributed by atoms with E-state index >= 15 is 0 Å². The molecular formula is C23H18F2N2O2S. The Morgan fingerprint density at radius 2 is 1.67 bits per heavy atom. The molecule has 30 heavy (non-hydrogen) atoms. The van der Waals surface area contributed by atoms with Crippen LogP contribution >= 0.6 is 0 Å². The summed E-state index contributed by atoms with van der Waals surface area (Å²) in [6.45, 7) is 0.159. The second kappa shape index (κ2) is 7.04. The smallest absolute Gasteiger partial charge is 0.244 e. The Morgan fingerprint density at radius 3 is 2.47 bits per heavy atom. The minimum Gasteiger partial charge on any atom is -0.357 e. The highest BCUT2D eigenvalue weighted by Gasteiger charge is 2.40. The second-order valence-corrected chi connectivity index (χ2v) is 9.20. The molecule has 1 N–H and O–H groups in total. The van der Waals surface area contributed by atoms with Crippen LogP contribution in [0, 0.1) is 11.6 Å². The molecule has 4 nitrogen and oxygen atoms in total. The zero-order chi connectivity index (χ0) is 20.9. The number of H-pyrrole nitrogens is 1. The van der Waals surface area contributed by atoms with Crippen molar-refractivity contribution in [3.8, 4) is 0 Å². The van der Waals surface area contributed by atoms with Crippen molar-refractivity contribution < 1.29 is 17.2 Å². The number of nitrogens with one attached hydrogen (secondary N) is 1.